The summed E-state index contributed by atoms with van der Waals surface area (Å²) in [6.45, 7) is 3.20. The van der Waals surface area contributed by atoms with Crippen LogP contribution in [0, 0.1) is 0 Å². The number of rotatable bonds is 6. The van der Waals surface area contributed by atoms with Crippen LogP contribution in [0.4, 0.5) is 0 Å². The Morgan fingerprint density at radius 3 is 2.89 bits per heavy atom. The molecule has 0 saturated carbocycles. The first-order valence-electron chi connectivity index (χ1n) is 9.85. The van der Waals surface area contributed by atoms with Gasteiger partial charge in [0.1, 0.15) is 6.04 Å². The van der Waals surface area contributed by atoms with Crippen LogP contribution < -0.4 is 16.0 Å². The summed E-state index contributed by atoms with van der Waals surface area (Å²) >= 11 is 0. The summed E-state index contributed by atoms with van der Waals surface area (Å²) in [6, 6.07) is 5.21. The van der Waals surface area contributed by atoms with Crippen LogP contribution in [0.25, 0.3) is 0 Å². The molecule has 0 aliphatic carbocycles. The molecule has 2 fully saturated rings. The third-order valence-corrected chi connectivity index (χ3v) is 5.91. The number of aliphatic hydroxyl groups is 1. The second-order valence-corrected chi connectivity index (χ2v) is 7.97. The van der Waals surface area contributed by atoms with Crippen molar-refractivity contribution in [2.75, 3.05) is 19.6 Å². The molecule has 0 radical (unpaired) electrons. The minimum Gasteiger partial charge on any atom is -0.388 e. The molecule has 3 heterocycles. The van der Waals surface area contributed by atoms with Gasteiger partial charge >= 0.3 is 0 Å². The second-order valence-electron chi connectivity index (χ2n) is 7.97. The highest BCUT2D eigenvalue weighted by molar-refractivity contribution is 6.05. The van der Waals surface area contributed by atoms with Crippen molar-refractivity contribution in [1.82, 2.24) is 20.9 Å². The van der Waals surface area contributed by atoms with E-state index in [0.717, 1.165) is 24.1 Å². The highest BCUT2D eigenvalue weighted by atomic mass is 16.3. The van der Waals surface area contributed by atoms with Crippen molar-refractivity contribution >= 4 is 17.7 Å². The summed E-state index contributed by atoms with van der Waals surface area (Å²) in [6.07, 6.45) is 2.09. The number of hydrogen-bond acceptors (Lipinski definition) is 6. The van der Waals surface area contributed by atoms with Crippen LogP contribution in [0.5, 0.6) is 0 Å². The smallest absolute Gasteiger partial charge is 0.255 e. The number of hydrogen-bond donors (Lipinski definition) is 4. The molecule has 3 aliphatic rings. The van der Waals surface area contributed by atoms with Crippen molar-refractivity contribution in [3.8, 4) is 0 Å². The lowest BCUT2D eigenvalue weighted by Crippen LogP contribution is -2.52. The van der Waals surface area contributed by atoms with Gasteiger partial charge in [0.25, 0.3) is 5.91 Å². The molecule has 1 aromatic carbocycles. The first-order valence-corrected chi connectivity index (χ1v) is 9.85. The number of carbonyl (C=O) groups is 3. The summed E-state index contributed by atoms with van der Waals surface area (Å²) < 4.78 is 0. The summed E-state index contributed by atoms with van der Waals surface area (Å²) in [7, 11) is 0. The molecular formula is C20H26N4O4. The van der Waals surface area contributed by atoms with Crippen LogP contribution >= 0.6 is 0 Å². The van der Waals surface area contributed by atoms with Gasteiger partial charge in [-0.2, -0.15) is 0 Å². The van der Waals surface area contributed by atoms with Gasteiger partial charge < -0.3 is 20.6 Å². The molecule has 4 rings (SSSR count). The fourth-order valence-corrected chi connectivity index (χ4v) is 4.21. The second kappa shape index (κ2) is 7.62. The first kappa shape index (κ1) is 19.0. The Labute approximate surface area is 163 Å². The molecule has 0 bridgehead atoms. The maximum atomic E-state index is 12.8. The minimum atomic E-state index is -0.622. The Bertz CT molecular complexity index is 803. The molecule has 3 aliphatic heterocycles. The highest BCUT2D eigenvalue weighted by Crippen LogP contribution is 2.28. The zero-order valence-corrected chi connectivity index (χ0v) is 15.8. The standard InChI is InChI=1S/C20H26N4O4/c25-17-4-3-16(18(26)23-17)24-11-14-2-1-13(9-15(14)19(24)27)10-21-7-5-20(28)6-8-22-12-20/h1-2,9,16,21-22,28H,3-8,10-12H2,(H,23,25,26). The fraction of sp³-hybridized carbons (Fsp3) is 0.550. The average molecular weight is 386 g/mol. The third-order valence-electron chi connectivity index (χ3n) is 5.91. The molecule has 3 amide bonds. The normalized spacial score (nSPS) is 27.2. The molecule has 8 heteroatoms. The Balaban J connectivity index is 1.35. The molecule has 2 unspecified atom stereocenters. The summed E-state index contributed by atoms with van der Waals surface area (Å²) in [5.41, 5.74) is 1.91. The zero-order chi connectivity index (χ0) is 19.7. The lowest BCUT2D eigenvalue weighted by Gasteiger charge is -2.29. The van der Waals surface area contributed by atoms with Crippen molar-refractivity contribution < 1.29 is 19.5 Å². The van der Waals surface area contributed by atoms with Gasteiger partial charge in [-0.25, -0.2) is 0 Å². The Hall–Kier alpha value is -2.29. The van der Waals surface area contributed by atoms with Gasteiger partial charge in [0.2, 0.25) is 11.8 Å². The van der Waals surface area contributed by atoms with Crippen LogP contribution in [0.2, 0.25) is 0 Å². The van der Waals surface area contributed by atoms with E-state index in [4.69, 9.17) is 0 Å². The van der Waals surface area contributed by atoms with E-state index in [2.05, 4.69) is 16.0 Å². The van der Waals surface area contributed by atoms with Crippen molar-refractivity contribution in [2.24, 2.45) is 0 Å². The van der Waals surface area contributed by atoms with Gasteiger partial charge in [0.05, 0.1) is 5.60 Å². The number of β-amino-alcohol motifs (C(OH)–C–C–N with tert-alkyl or cyclic N) is 1. The molecular weight excluding hydrogens is 360 g/mol. The largest absolute Gasteiger partial charge is 0.388 e. The number of benzene rings is 1. The first-order chi connectivity index (χ1) is 13.5. The topological polar surface area (TPSA) is 111 Å². The van der Waals surface area contributed by atoms with E-state index in [1.807, 2.05) is 18.2 Å². The van der Waals surface area contributed by atoms with Gasteiger partial charge in [0, 0.05) is 31.6 Å². The van der Waals surface area contributed by atoms with Gasteiger partial charge in [-0.1, -0.05) is 12.1 Å². The summed E-state index contributed by atoms with van der Waals surface area (Å²) in [5.74, 6) is -0.826. The Morgan fingerprint density at radius 2 is 2.14 bits per heavy atom. The average Bonchev–Trinajstić information content (AvgIpc) is 3.23. The molecule has 150 valence electrons. The number of carbonyl (C=O) groups excluding carboxylic acids is 3. The van der Waals surface area contributed by atoms with Gasteiger partial charge in [0.15, 0.2) is 0 Å². The zero-order valence-electron chi connectivity index (χ0n) is 15.8. The lowest BCUT2D eigenvalue weighted by atomic mass is 9.99. The van der Waals surface area contributed by atoms with Crippen molar-refractivity contribution in [1.29, 1.82) is 0 Å². The number of nitrogens with one attached hydrogen (secondary N) is 3. The monoisotopic (exact) mass is 386 g/mol. The molecule has 28 heavy (non-hydrogen) atoms. The van der Waals surface area contributed by atoms with E-state index >= 15 is 0 Å². The Kier molecular flexibility index (Phi) is 5.18. The number of amides is 3. The predicted molar refractivity (Wildman–Crippen MR) is 101 cm³/mol. The third kappa shape index (κ3) is 3.80. The lowest BCUT2D eigenvalue weighted by molar-refractivity contribution is -0.136. The molecule has 0 spiro atoms. The Morgan fingerprint density at radius 1 is 1.29 bits per heavy atom. The quantitative estimate of drug-likeness (QED) is 0.393. The molecule has 4 N–H and O–H groups in total. The molecule has 1 aromatic rings. The summed E-state index contributed by atoms with van der Waals surface area (Å²) in [4.78, 5) is 37.8. The highest BCUT2D eigenvalue weighted by Gasteiger charge is 2.39. The van der Waals surface area contributed by atoms with E-state index in [-0.39, 0.29) is 18.2 Å². The maximum Gasteiger partial charge on any atom is 0.255 e. The van der Waals surface area contributed by atoms with Gasteiger partial charge in [-0.3, -0.25) is 19.7 Å². The number of imide groups is 1. The van der Waals surface area contributed by atoms with Crippen LogP contribution in [-0.2, 0) is 22.7 Å². The fourth-order valence-electron chi connectivity index (χ4n) is 4.21. The van der Waals surface area contributed by atoms with E-state index in [1.165, 1.54) is 0 Å². The van der Waals surface area contributed by atoms with Gasteiger partial charge in [-0.05, 0) is 49.5 Å². The van der Waals surface area contributed by atoms with E-state index in [0.29, 0.717) is 44.6 Å². The predicted octanol–water partition coefficient (Wildman–Crippen LogP) is -0.348. The van der Waals surface area contributed by atoms with E-state index < -0.39 is 17.6 Å². The van der Waals surface area contributed by atoms with Crippen molar-refractivity contribution in [2.45, 2.75) is 50.4 Å². The van der Waals surface area contributed by atoms with Crippen molar-refractivity contribution in [3.63, 3.8) is 0 Å². The van der Waals surface area contributed by atoms with E-state index in [9.17, 15) is 19.5 Å². The van der Waals surface area contributed by atoms with Gasteiger partial charge in [-0.15, -0.1) is 0 Å². The molecule has 8 nitrogen and oxygen atoms in total. The number of piperidine rings is 1. The maximum absolute atomic E-state index is 12.8. The van der Waals surface area contributed by atoms with E-state index in [1.54, 1.807) is 4.90 Å². The van der Waals surface area contributed by atoms with Crippen LogP contribution in [0.1, 0.15) is 47.2 Å². The molecule has 2 atom stereocenters. The van der Waals surface area contributed by atoms with Crippen LogP contribution in [0.3, 0.4) is 0 Å². The minimum absolute atomic E-state index is 0.155. The number of nitrogens with zero attached hydrogens (tertiary/aromatic N) is 1. The molecule has 2 saturated heterocycles. The SMILES string of the molecule is O=C1CCC(N2Cc3ccc(CNCCC4(O)CCNC4)cc3C2=O)C(=O)N1. The van der Waals surface area contributed by atoms with Crippen LogP contribution in [0.15, 0.2) is 18.2 Å². The van der Waals surface area contributed by atoms with Crippen molar-refractivity contribution in [3.05, 3.63) is 34.9 Å². The molecule has 0 aromatic heterocycles. The summed E-state index contributed by atoms with van der Waals surface area (Å²) in [5, 5.41) is 19.2. The number of fused-ring (bicyclic) bond motifs is 1. The van der Waals surface area contributed by atoms with Crippen LogP contribution in [-0.4, -0.2) is 59.0 Å².